The number of carbonyl (C=O) groups is 2. The summed E-state index contributed by atoms with van der Waals surface area (Å²) in [6, 6.07) is 0.752. The highest BCUT2D eigenvalue weighted by Crippen LogP contribution is 2.25. The monoisotopic (exact) mass is 311 g/mol. The number of likely N-dealkylation sites (tertiary alicyclic amines) is 1. The van der Waals surface area contributed by atoms with Crippen LogP contribution in [0.5, 0.6) is 0 Å². The Morgan fingerprint density at radius 3 is 2.27 bits per heavy atom. The molecule has 1 aliphatic heterocycles. The molecule has 0 aromatic rings. The molecule has 1 saturated heterocycles. The summed E-state index contributed by atoms with van der Waals surface area (Å²) in [5, 5.41) is 3.62. The minimum atomic E-state index is -0.449. The van der Waals surface area contributed by atoms with Gasteiger partial charge in [0.2, 0.25) is 5.91 Å². The third kappa shape index (κ3) is 4.87. The largest absolute Gasteiger partial charge is 0.444 e. The molecule has 0 radical (unpaired) electrons. The van der Waals surface area contributed by atoms with E-state index in [2.05, 4.69) is 5.32 Å². The van der Waals surface area contributed by atoms with Gasteiger partial charge < -0.3 is 20.7 Å². The molecule has 6 nitrogen and oxygen atoms in total. The van der Waals surface area contributed by atoms with E-state index in [1.165, 1.54) is 0 Å². The average molecular weight is 311 g/mol. The van der Waals surface area contributed by atoms with Gasteiger partial charge >= 0.3 is 6.09 Å². The predicted octanol–water partition coefficient (Wildman–Crippen LogP) is 1.63. The van der Waals surface area contributed by atoms with Crippen molar-refractivity contribution in [2.24, 2.45) is 11.7 Å². The fraction of sp³-hybridized carbons (Fsp3) is 0.875. The number of primary amides is 1. The van der Waals surface area contributed by atoms with Crippen LogP contribution < -0.4 is 11.1 Å². The Kier molecular flexibility index (Phi) is 5.32. The smallest absolute Gasteiger partial charge is 0.410 e. The SMILES string of the molecule is CC(C)(C)OC(=O)N1CCC(NC2CCC(C(N)=O)CC2)C1. The zero-order chi connectivity index (χ0) is 16.3. The first-order chi connectivity index (χ1) is 10.2. The zero-order valence-electron chi connectivity index (χ0n) is 13.9. The molecule has 2 rings (SSSR count). The van der Waals surface area contributed by atoms with Gasteiger partial charge in [0, 0.05) is 31.1 Å². The van der Waals surface area contributed by atoms with Crippen LogP contribution in [0.15, 0.2) is 0 Å². The second-order valence-corrected chi connectivity index (χ2v) is 7.53. The molecular weight excluding hydrogens is 282 g/mol. The van der Waals surface area contributed by atoms with Crippen LogP contribution in [0.3, 0.4) is 0 Å². The van der Waals surface area contributed by atoms with Gasteiger partial charge in [0.05, 0.1) is 0 Å². The van der Waals surface area contributed by atoms with Gasteiger partial charge in [0.25, 0.3) is 0 Å². The molecule has 22 heavy (non-hydrogen) atoms. The molecule has 3 N–H and O–H groups in total. The lowest BCUT2D eigenvalue weighted by Crippen LogP contribution is -2.44. The predicted molar refractivity (Wildman–Crippen MR) is 84.3 cm³/mol. The Bertz CT molecular complexity index is 411. The standard InChI is InChI=1S/C16H29N3O3/c1-16(2,3)22-15(21)19-9-8-13(10-19)18-12-6-4-11(5-7-12)14(17)20/h11-13,18H,4-10H2,1-3H3,(H2,17,20). The highest BCUT2D eigenvalue weighted by Gasteiger charge is 2.32. The number of ether oxygens (including phenoxy) is 1. The Morgan fingerprint density at radius 1 is 1.09 bits per heavy atom. The second kappa shape index (κ2) is 6.86. The molecule has 2 fully saturated rings. The van der Waals surface area contributed by atoms with Gasteiger partial charge in [-0.3, -0.25) is 4.79 Å². The number of nitrogens with two attached hydrogens (primary N) is 1. The molecule has 0 spiro atoms. The summed E-state index contributed by atoms with van der Waals surface area (Å²) in [5.74, 6) is -0.129. The van der Waals surface area contributed by atoms with E-state index in [1.54, 1.807) is 4.90 Å². The van der Waals surface area contributed by atoms with Gasteiger partial charge in [-0.25, -0.2) is 4.79 Å². The van der Waals surface area contributed by atoms with E-state index >= 15 is 0 Å². The van der Waals surface area contributed by atoms with E-state index in [0.29, 0.717) is 18.6 Å². The van der Waals surface area contributed by atoms with Crippen molar-refractivity contribution >= 4 is 12.0 Å². The lowest BCUT2D eigenvalue weighted by Gasteiger charge is -2.30. The highest BCUT2D eigenvalue weighted by atomic mass is 16.6. The van der Waals surface area contributed by atoms with E-state index in [1.807, 2.05) is 20.8 Å². The van der Waals surface area contributed by atoms with Gasteiger partial charge in [0.1, 0.15) is 5.60 Å². The van der Waals surface area contributed by atoms with E-state index in [4.69, 9.17) is 10.5 Å². The Balaban J connectivity index is 1.73. The number of hydrogen-bond acceptors (Lipinski definition) is 4. The summed E-state index contributed by atoms with van der Waals surface area (Å²) in [5.41, 5.74) is 4.91. The van der Waals surface area contributed by atoms with Crippen LogP contribution in [-0.2, 0) is 9.53 Å². The molecule has 1 heterocycles. The van der Waals surface area contributed by atoms with Crippen LogP contribution in [0.1, 0.15) is 52.9 Å². The summed E-state index contributed by atoms with van der Waals surface area (Å²) < 4.78 is 5.41. The quantitative estimate of drug-likeness (QED) is 0.829. The second-order valence-electron chi connectivity index (χ2n) is 7.53. The summed E-state index contributed by atoms with van der Waals surface area (Å²) in [6.07, 6.45) is 4.43. The minimum absolute atomic E-state index is 0.0416. The summed E-state index contributed by atoms with van der Waals surface area (Å²) in [7, 11) is 0. The molecule has 2 aliphatic rings. The van der Waals surface area contributed by atoms with E-state index in [0.717, 1.165) is 38.6 Å². The average Bonchev–Trinajstić information content (AvgIpc) is 2.86. The Labute approximate surface area is 132 Å². The van der Waals surface area contributed by atoms with Crippen molar-refractivity contribution < 1.29 is 14.3 Å². The molecule has 1 aliphatic carbocycles. The van der Waals surface area contributed by atoms with Crippen LogP contribution in [0.4, 0.5) is 4.79 Å². The Hall–Kier alpha value is -1.30. The summed E-state index contributed by atoms with van der Waals surface area (Å²) in [6.45, 7) is 7.09. The third-order valence-electron chi connectivity index (χ3n) is 4.44. The van der Waals surface area contributed by atoms with E-state index < -0.39 is 5.60 Å². The molecule has 1 saturated carbocycles. The molecule has 0 bridgehead atoms. The molecule has 0 aromatic carbocycles. The summed E-state index contributed by atoms with van der Waals surface area (Å²) in [4.78, 5) is 25.0. The third-order valence-corrected chi connectivity index (χ3v) is 4.44. The van der Waals surface area contributed by atoms with Gasteiger partial charge in [-0.1, -0.05) is 0 Å². The number of hydrogen-bond donors (Lipinski definition) is 2. The fourth-order valence-corrected chi connectivity index (χ4v) is 3.27. The van der Waals surface area contributed by atoms with Crippen LogP contribution in [0, 0.1) is 5.92 Å². The number of carbonyl (C=O) groups excluding carboxylic acids is 2. The topological polar surface area (TPSA) is 84.7 Å². The molecule has 6 heteroatoms. The molecular formula is C16H29N3O3. The molecule has 1 atom stereocenters. The minimum Gasteiger partial charge on any atom is -0.444 e. The molecule has 126 valence electrons. The van der Waals surface area contributed by atoms with Crippen molar-refractivity contribution in [3.63, 3.8) is 0 Å². The van der Waals surface area contributed by atoms with Crippen molar-refractivity contribution in [1.29, 1.82) is 0 Å². The number of amides is 2. The van der Waals surface area contributed by atoms with E-state index in [-0.39, 0.29) is 17.9 Å². The first kappa shape index (κ1) is 17.1. The first-order valence-electron chi connectivity index (χ1n) is 8.28. The lowest BCUT2D eigenvalue weighted by molar-refractivity contribution is -0.122. The van der Waals surface area contributed by atoms with E-state index in [9.17, 15) is 9.59 Å². The van der Waals surface area contributed by atoms with Crippen molar-refractivity contribution in [3.8, 4) is 0 Å². The molecule has 1 unspecified atom stereocenters. The van der Waals surface area contributed by atoms with Crippen LogP contribution in [0.2, 0.25) is 0 Å². The number of nitrogens with zero attached hydrogens (tertiary/aromatic N) is 1. The van der Waals surface area contributed by atoms with Crippen molar-refractivity contribution in [1.82, 2.24) is 10.2 Å². The number of nitrogens with one attached hydrogen (secondary N) is 1. The molecule has 2 amide bonds. The number of rotatable bonds is 3. The zero-order valence-corrected chi connectivity index (χ0v) is 13.9. The first-order valence-corrected chi connectivity index (χ1v) is 8.28. The van der Waals surface area contributed by atoms with Gasteiger partial charge in [-0.05, 0) is 52.9 Å². The van der Waals surface area contributed by atoms with Crippen molar-refractivity contribution in [2.75, 3.05) is 13.1 Å². The maximum atomic E-state index is 12.0. The fourth-order valence-electron chi connectivity index (χ4n) is 3.27. The van der Waals surface area contributed by atoms with Crippen LogP contribution >= 0.6 is 0 Å². The van der Waals surface area contributed by atoms with Crippen molar-refractivity contribution in [2.45, 2.75) is 70.6 Å². The highest BCUT2D eigenvalue weighted by molar-refractivity contribution is 5.76. The van der Waals surface area contributed by atoms with Gasteiger partial charge in [-0.2, -0.15) is 0 Å². The normalized spacial score (nSPS) is 29.4. The van der Waals surface area contributed by atoms with Crippen LogP contribution in [0.25, 0.3) is 0 Å². The molecule has 0 aromatic heterocycles. The van der Waals surface area contributed by atoms with Gasteiger partial charge in [0.15, 0.2) is 0 Å². The maximum absolute atomic E-state index is 12.0. The van der Waals surface area contributed by atoms with Crippen LogP contribution in [-0.4, -0.2) is 47.7 Å². The lowest BCUT2D eigenvalue weighted by atomic mass is 9.85. The van der Waals surface area contributed by atoms with Gasteiger partial charge in [-0.15, -0.1) is 0 Å². The Morgan fingerprint density at radius 2 is 1.73 bits per heavy atom. The summed E-state index contributed by atoms with van der Waals surface area (Å²) >= 11 is 0. The maximum Gasteiger partial charge on any atom is 0.410 e. The van der Waals surface area contributed by atoms with Crippen molar-refractivity contribution in [3.05, 3.63) is 0 Å².